The van der Waals surface area contributed by atoms with Crippen molar-refractivity contribution in [2.24, 2.45) is 0 Å². The van der Waals surface area contributed by atoms with Crippen molar-refractivity contribution in [3.8, 4) is 11.8 Å². The SMILES string of the molecule is CC[N+](CC)(CC#CCO)CC=Cc1ccccc1. The van der Waals surface area contributed by atoms with E-state index in [1.54, 1.807) is 0 Å². The second-order valence-electron chi connectivity index (χ2n) is 4.64. The molecule has 0 heterocycles. The van der Waals surface area contributed by atoms with Crippen LogP contribution in [0.15, 0.2) is 36.4 Å². The lowest BCUT2D eigenvalue weighted by Gasteiger charge is -2.33. The molecule has 0 unspecified atom stereocenters. The zero-order chi connectivity index (χ0) is 14.0. The second-order valence-corrected chi connectivity index (χ2v) is 4.64. The van der Waals surface area contributed by atoms with Gasteiger partial charge in [0.25, 0.3) is 0 Å². The predicted octanol–water partition coefficient (Wildman–Crippen LogP) is 2.55. The quantitative estimate of drug-likeness (QED) is 0.614. The lowest BCUT2D eigenvalue weighted by molar-refractivity contribution is -0.912. The van der Waals surface area contributed by atoms with Gasteiger partial charge in [-0.05, 0) is 31.4 Å². The van der Waals surface area contributed by atoms with Gasteiger partial charge in [-0.2, -0.15) is 0 Å². The van der Waals surface area contributed by atoms with Crippen molar-refractivity contribution < 1.29 is 9.59 Å². The van der Waals surface area contributed by atoms with E-state index in [2.05, 4.69) is 50.0 Å². The van der Waals surface area contributed by atoms with Crippen LogP contribution >= 0.6 is 0 Å². The lowest BCUT2D eigenvalue weighted by Crippen LogP contribution is -2.48. The van der Waals surface area contributed by atoms with Gasteiger partial charge in [0.05, 0.1) is 19.6 Å². The zero-order valence-corrected chi connectivity index (χ0v) is 12.0. The average Bonchev–Trinajstić information content (AvgIpc) is 2.47. The Morgan fingerprint density at radius 1 is 1.11 bits per heavy atom. The summed E-state index contributed by atoms with van der Waals surface area (Å²) in [5.41, 5.74) is 1.23. The van der Waals surface area contributed by atoms with Crippen LogP contribution in [0, 0.1) is 11.8 Å². The Morgan fingerprint density at radius 3 is 2.37 bits per heavy atom. The summed E-state index contributed by atoms with van der Waals surface area (Å²) in [4.78, 5) is 0. The summed E-state index contributed by atoms with van der Waals surface area (Å²) in [5.74, 6) is 5.81. The van der Waals surface area contributed by atoms with Crippen molar-refractivity contribution in [1.29, 1.82) is 0 Å². The van der Waals surface area contributed by atoms with Crippen molar-refractivity contribution in [2.45, 2.75) is 13.8 Å². The highest BCUT2D eigenvalue weighted by atomic mass is 16.2. The van der Waals surface area contributed by atoms with E-state index in [4.69, 9.17) is 5.11 Å². The molecule has 2 nitrogen and oxygen atoms in total. The average molecular weight is 258 g/mol. The first-order chi connectivity index (χ1) is 9.26. The Kier molecular flexibility index (Phi) is 6.95. The fraction of sp³-hybridized carbons (Fsp3) is 0.412. The molecule has 0 saturated heterocycles. The molecule has 0 amide bonds. The van der Waals surface area contributed by atoms with Crippen LogP contribution in [0.5, 0.6) is 0 Å². The van der Waals surface area contributed by atoms with Crippen LogP contribution in [0.4, 0.5) is 0 Å². The normalized spacial score (nSPS) is 11.3. The Hall–Kier alpha value is -1.56. The van der Waals surface area contributed by atoms with Gasteiger partial charge in [-0.3, -0.25) is 0 Å². The third-order valence-electron chi connectivity index (χ3n) is 3.56. The molecule has 1 aromatic rings. The van der Waals surface area contributed by atoms with Gasteiger partial charge < -0.3 is 9.59 Å². The number of aliphatic hydroxyl groups is 1. The van der Waals surface area contributed by atoms with E-state index in [0.29, 0.717) is 0 Å². The highest BCUT2D eigenvalue weighted by Gasteiger charge is 2.19. The summed E-state index contributed by atoms with van der Waals surface area (Å²) < 4.78 is 0.941. The molecule has 0 aromatic heterocycles. The highest BCUT2D eigenvalue weighted by Crippen LogP contribution is 2.08. The Balaban J connectivity index is 2.65. The van der Waals surface area contributed by atoms with Gasteiger partial charge in [0.15, 0.2) is 0 Å². The van der Waals surface area contributed by atoms with Gasteiger partial charge in [-0.25, -0.2) is 0 Å². The van der Waals surface area contributed by atoms with Gasteiger partial charge in [-0.1, -0.05) is 42.3 Å². The number of aliphatic hydroxyl groups excluding tert-OH is 1. The van der Waals surface area contributed by atoms with E-state index in [1.807, 2.05) is 18.2 Å². The molecular weight excluding hydrogens is 234 g/mol. The summed E-state index contributed by atoms with van der Waals surface area (Å²) in [5, 5.41) is 8.74. The minimum absolute atomic E-state index is 0.0483. The van der Waals surface area contributed by atoms with Crippen molar-refractivity contribution in [2.75, 3.05) is 32.8 Å². The Labute approximate surface area is 117 Å². The third kappa shape index (κ3) is 5.30. The summed E-state index contributed by atoms with van der Waals surface area (Å²) >= 11 is 0. The van der Waals surface area contributed by atoms with Crippen LogP contribution in [-0.2, 0) is 0 Å². The van der Waals surface area contributed by atoms with Crippen LogP contribution in [-0.4, -0.2) is 42.4 Å². The zero-order valence-electron chi connectivity index (χ0n) is 12.0. The largest absolute Gasteiger partial charge is 0.384 e. The van der Waals surface area contributed by atoms with Gasteiger partial charge in [0.2, 0.25) is 0 Å². The highest BCUT2D eigenvalue weighted by molar-refractivity contribution is 5.48. The van der Waals surface area contributed by atoms with E-state index in [-0.39, 0.29) is 6.61 Å². The molecule has 0 aliphatic rings. The van der Waals surface area contributed by atoms with E-state index >= 15 is 0 Å². The van der Waals surface area contributed by atoms with Gasteiger partial charge in [0, 0.05) is 0 Å². The molecule has 1 aromatic carbocycles. The maximum Gasteiger partial charge on any atom is 0.141 e. The minimum Gasteiger partial charge on any atom is -0.384 e. The molecule has 0 bridgehead atoms. The molecule has 0 aliphatic heterocycles. The van der Waals surface area contributed by atoms with E-state index in [9.17, 15) is 0 Å². The number of nitrogens with zero attached hydrogens (tertiary/aromatic N) is 1. The van der Waals surface area contributed by atoms with Crippen molar-refractivity contribution in [3.05, 3.63) is 42.0 Å². The van der Waals surface area contributed by atoms with Crippen LogP contribution in [0.1, 0.15) is 19.4 Å². The molecular formula is C17H24NO+. The monoisotopic (exact) mass is 258 g/mol. The van der Waals surface area contributed by atoms with Crippen LogP contribution in [0.3, 0.4) is 0 Å². The van der Waals surface area contributed by atoms with E-state index in [0.717, 1.165) is 30.7 Å². The van der Waals surface area contributed by atoms with E-state index in [1.165, 1.54) is 5.56 Å². The predicted molar refractivity (Wildman–Crippen MR) is 81.4 cm³/mol. The smallest absolute Gasteiger partial charge is 0.141 e. The van der Waals surface area contributed by atoms with Gasteiger partial charge in [-0.15, -0.1) is 0 Å². The maximum absolute atomic E-state index is 8.74. The summed E-state index contributed by atoms with van der Waals surface area (Å²) in [6.07, 6.45) is 4.39. The lowest BCUT2D eigenvalue weighted by atomic mass is 10.2. The molecule has 102 valence electrons. The Bertz CT molecular complexity index is 435. The number of hydrogen-bond donors (Lipinski definition) is 1. The maximum atomic E-state index is 8.74. The van der Waals surface area contributed by atoms with Crippen molar-refractivity contribution >= 4 is 6.08 Å². The molecule has 0 spiro atoms. The van der Waals surface area contributed by atoms with Crippen molar-refractivity contribution in [1.82, 2.24) is 0 Å². The number of hydrogen-bond acceptors (Lipinski definition) is 1. The first-order valence-corrected chi connectivity index (χ1v) is 6.89. The van der Waals surface area contributed by atoms with Gasteiger partial charge in [0.1, 0.15) is 13.2 Å². The molecule has 19 heavy (non-hydrogen) atoms. The Morgan fingerprint density at radius 2 is 1.79 bits per heavy atom. The first-order valence-electron chi connectivity index (χ1n) is 6.89. The summed E-state index contributed by atoms with van der Waals surface area (Å²) in [6, 6.07) is 10.3. The molecule has 0 fully saturated rings. The van der Waals surface area contributed by atoms with Gasteiger partial charge >= 0.3 is 0 Å². The van der Waals surface area contributed by atoms with E-state index < -0.39 is 0 Å². The second kappa shape index (κ2) is 8.53. The topological polar surface area (TPSA) is 20.2 Å². The van der Waals surface area contributed by atoms with Crippen LogP contribution in [0.2, 0.25) is 0 Å². The van der Waals surface area contributed by atoms with Crippen molar-refractivity contribution in [3.63, 3.8) is 0 Å². The third-order valence-corrected chi connectivity index (χ3v) is 3.56. The summed E-state index contributed by atoms with van der Waals surface area (Å²) in [7, 11) is 0. The fourth-order valence-corrected chi connectivity index (χ4v) is 2.03. The molecule has 1 rings (SSSR count). The number of benzene rings is 1. The molecule has 2 heteroatoms. The number of rotatable bonds is 6. The minimum atomic E-state index is -0.0483. The molecule has 0 saturated carbocycles. The fourth-order valence-electron chi connectivity index (χ4n) is 2.03. The standard InChI is InChI=1S/C17H24NO/c1-3-18(4-2,14-8-9-16-19)15-10-13-17-11-6-5-7-12-17/h5-7,10-13,19H,3-4,14-16H2,1-2H3/q+1. The summed E-state index contributed by atoms with van der Waals surface area (Å²) in [6.45, 7) is 8.22. The van der Waals surface area contributed by atoms with Crippen LogP contribution in [0.25, 0.3) is 6.08 Å². The number of quaternary nitrogens is 1. The molecule has 0 radical (unpaired) electrons. The van der Waals surface area contributed by atoms with Crippen LogP contribution < -0.4 is 0 Å². The molecule has 0 atom stereocenters. The molecule has 0 aliphatic carbocycles. The first kappa shape index (κ1) is 15.5. The molecule has 1 N–H and O–H groups in total. The number of likely N-dealkylation sites (N-methyl/N-ethyl adjacent to an activating group) is 1.